The Morgan fingerprint density at radius 1 is 1.04 bits per heavy atom. The molecule has 9 rings (SSSR count). The summed E-state index contributed by atoms with van der Waals surface area (Å²) in [5, 5.41) is 12.3. The molecule has 14 heteroatoms. The van der Waals surface area contributed by atoms with Crippen molar-refractivity contribution in [3.05, 3.63) is 106 Å². The number of fused-ring (bicyclic) bond motifs is 5. The summed E-state index contributed by atoms with van der Waals surface area (Å²) >= 11 is 1.33. The first kappa shape index (κ1) is 32.5. The number of pyridine rings is 2. The van der Waals surface area contributed by atoms with E-state index in [1.54, 1.807) is 31.3 Å². The molecule has 1 aliphatic carbocycles. The van der Waals surface area contributed by atoms with Crippen molar-refractivity contribution < 1.29 is 31.5 Å². The molecule has 6 aromatic rings. The number of aryl methyl sites for hydroxylation is 3. The maximum atomic E-state index is 15.7. The monoisotopic (exact) mass is 726 g/mol. The molecule has 4 atom stereocenters. The number of carbonyl (C=O) groups excluding carboxylic acids is 1. The van der Waals surface area contributed by atoms with E-state index < -0.39 is 24.2 Å². The maximum absolute atomic E-state index is 15.7. The van der Waals surface area contributed by atoms with E-state index in [4.69, 9.17) is 14.1 Å². The minimum atomic E-state index is -2.11. The Kier molecular flexibility index (Phi) is 7.75. The van der Waals surface area contributed by atoms with Gasteiger partial charge in [-0.1, -0.05) is 18.2 Å². The van der Waals surface area contributed by atoms with Crippen molar-refractivity contribution in [2.45, 2.75) is 57.0 Å². The van der Waals surface area contributed by atoms with Crippen LogP contribution in [0.2, 0.25) is 0 Å². The molecule has 1 amide bonds. The SMILES string of the molecule is COc1c(F)ccc2c1[C@H](F)[C@@H](F)C2Nc1nccc2cc(-c3c4c(nc(CCc5ccc(F)cc5)c3-c3nnc(C)o3)C3CCCN3C4=O)sc12. The van der Waals surface area contributed by atoms with Crippen molar-refractivity contribution in [1.29, 1.82) is 0 Å². The van der Waals surface area contributed by atoms with Gasteiger partial charge in [0.2, 0.25) is 11.8 Å². The highest BCUT2D eigenvalue weighted by molar-refractivity contribution is 7.23. The molecule has 0 bridgehead atoms. The minimum absolute atomic E-state index is 0.130. The summed E-state index contributed by atoms with van der Waals surface area (Å²) in [6, 6.07) is 11.2. The number of nitrogens with zero attached hydrogens (tertiary/aromatic N) is 5. The Hall–Kier alpha value is -5.37. The lowest BCUT2D eigenvalue weighted by molar-refractivity contribution is 0.0776. The summed E-state index contributed by atoms with van der Waals surface area (Å²) < 4.78 is 71.0. The van der Waals surface area contributed by atoms with Gasteiger partial charge in [-0.3, -0.25) is 9.78 Å². The fourth-order valence-corrected chi connectivity index (χ4v) is 9.03. The second-order valence-electron chi connectivity index (χ2n) is 13.2. The van der Waals surface area contributed by atoms with Crippen LogP contribution in [0.5, 0.6) is 5.75 Å². The first-order valence-electron chi connectivity index (χ1n) is 16.9. The molecule has 6 heterocycles. The quantitative estimate of drug-likeness (QED) is 0.156. The number of thiophene rings is 1. The smallest absolute Gasteiger partial charge is 0.257 e. The maximum Gasteiger partial charge on any atom is 0.257 e. The highest BCUT2D eigenvalue weighted by Crippen LogP contribution is 2.52. The van der Waals surface area contributed by atoms with Gasteiger partial charge >= 0.3 is 0 Å². The fraction of sp³-hybridized carbons (Fsp3) is 0.289. The zero-order chi connectivity index (χ0) is 35.8. The fourth-order valence-electron chi connectivity index (χ4n) is 7.87. The molecule has 264 valence electrons. The standard InChI is InChI=1S/C38H30F4N6O3S/c1-17-46-47-37(51-17)27-23(12-7-18-5-8-20(39)9-6-18)44-33-24-4-3-15-48(24)38(49)29(33)28(27)25-16-19-13-14-43-36(35(19)52-25)45-32-21-10-11-22(40)34(50-2)26(21)30(41)31(32)42/h5-6,8-11,13-14,16,24,30-32H,3-4,7,12,15H2,1-2H3,(H,43,45)/t24?,30-,31+,32?/m0/s1. The third kappa shape index (κ3) is 5.06. The number of hydrogen-bond donors (Lipinski definition) is 1. The Labute approximate surface area is 298 Å². The van der Waals surface area contributed by atoms with Gasteiger partial charge in [-0.25, -0.2) is 22.5 Å². The lowest BCUT2D eigenvalue weighted by Gasteiger charge is -2.18. The van der Waals surface area contributed by atoms with Crippen LogP contribution in [0, 0.1) is 18.6 Å². The number of carbonyl (C=O) groups is 1. The van der Waals surface area contributed by atoms with Gasteiger partial charge < -0.3 is 19.4 Å². The van der Waals surface area contributed by atoms with Gasteiger partial charge in [0, 0.05) is 35.7 Å². The van der Waals surface area contributed by atoms with E-state index >= 15 is 8.78 Å². The lowest BCUT2D eigenvalue weighted by atomic mass is 9.93. The van der Waals surface area contributed by atoms with Crippen LogP contribution in [0.3, 0.4) is 0 Å². The molecule has 3 aliphatic rings. The van der Waals surface area contributed by atoms with E-state index in [2.05, 4.69) is 20.5 Å². The van der Waals surface area contributed by atoms with Crippen LogP contribution in [0.4, 0.5) is 23.4 Å². The largest absolute Gasteiger partial charge is 0.493 e. The molecule has 2 unspecified atom stereocenters. The van der Waals surface area contributed by atoms with Crippen LogP contribution in [0.1, 0.15) is 75.4 Å². The van der Waals surface area contributed by atoms with Crippen LogP contribution in [-0.2, 0) is 12.8 Å². The van der Waals surface area contributed by atoms with Gasteiger partial charge in [0.1, 0.15) is 11.6 Å². The molecule has 0 spiro atoms. The topological polar surface area (TPSA) is 106 Å². The molecule has 1 saturated heterocycles. The number of rotatable bonds is 8. The average Bonchev–Trinajstić information content (AvgIpc) is 3.97. The van der Waals surface area contributed by atoms with Crippen LogP contribution in [0.15, 0.2) is 59.1 Å². The first-order chi connectivity index (χ1) is 25.2. The third-order valence-corrected chi connectivity index (χ3v) is 11.4. The summed E-state index contributed by atoms with van der Waals surface area (Å²) in [6.45, 7) is 2.30. The predicted molar refractivity (Wildman–Crippen MR) is 186 cm³/mol. The van der Waals surface area contributed by atoms with Crippen molar-refractivity contribution in [3.8, 4) is 27.6 Å². The van der Waals surface area contributed by atoms with Crippen LogP contribution < -0.4 is 10.1 Å². The second-order valence-corrected chi connectivity index (χ2v) is 14.3. The number of aromatic nitrogens is 4. The molecule has 52 heavy (non-hydrogen) atoms. The summed E-state index contributed by atoms with van der Waals surface area (Å²) in [6.07, 6.45) is 0.0502. The molecule has 0 radical (unpaired) electrons. The lowest BCUT2D eigenvalue weighted by Crippen LogP contribution is -2.22. The van der Waals surface area contributed by atoms with Crippen LogP contribution in [0.25, 0.3) is 32.0 Å². The zero-order valence-electron chi connectivity index (χ0n) is 27.9. The summed E-state index contributed by atoms with van der Waals surface area (Å²) in [7, 11) is 1.22. The Morgan fingerprint density at radius 3 is 2.63 bits per heavy atom. The molecule has 1 fully saturated rings. The van der Waals surface area contributed by atoms with Crippen molar-refractivity contribution >= 4 is 33.1 Å². The van der Waals surface area contributed by atoms with E-state index in [0.717, 1.165) is 29.9 Å². The third-order valence-electron chi connectivity index (χ3n) is 10.2. The number of methoxy groups -OCH3 is 1. The number of hydrogen-bond acceptors (Lipinski definition) is 9. The van der Waals surface area contributed by atoms with E-state index in [1.165, 1.54) is 36.6 Å². The van der Waals surface area contributed by atoms with Crippen LogP contribution in [-0.4, -0.2) is 50.8 Å². The van der Waals surface area contributed by atoms with Gasteiger partial charge in [-0.15, -0.1) is 21.5 Å². The van der Waals surface area contributed by atoms with Crippen molar-refractivity contribution in [2.24, 2.45) is 0 Å². The number of anilines is 1. The second kappa shape index (κ2) is 12.4. The normalized spacial score (nSPS) is 20.4. The molecule has 2 aromatic carbocycles. The Balaban J connectivity index is 1.20. The highest BCUT2D eigenvalue weighted by atomic mass is 32.1. The number of amides is 1. The summed E-state index contributed by atoms with van der Waals surface area (Å²) in [4.78, 5) is 26.4. The van der Waals surface area contributed by atoms with Crippen molar-refractivity contribution in [3.63, 3.8) is 0 Å². The number of ether oxygens (including phenoxy) is 1. The van der Waals surface area contributed by atoms with Gasteiger partial charge in [0.15, 0.2) is 23.9 Å². The van der Waals surface area contributed by atoms with Crippen molar-refractivity contribution in [1.82, 2.24) is 25.1 Å². The number of nitrogens with one attached hydrogen (secondary N) is 1. The zero-order valence-corrected chi connectivity index (χ0v) is 28.7. The predicted octanol–water partition coefficient (Wildman–Crippen LogP) is 8.59. The highest BCUT2D eigenvalue weighted by Gasteiger charge is 2.46. The van der Waals surface area contributed by atoms with E-state index in [1.807, 2.05) is 11.0 Å². The van der Waals surface area contributed by atoms with Crippen molar-refractivity contribution in [2.75, 3.05) is 19.0 Å². The van der Waals surface area contributed by atoms with E-state index in [0.29, 0.717) is 68.8 Å². The molecule has 4 aromatic heterocycles. The number of halogens is 4. The molecular formula is C38H30F4N6O3S. The Bertz CT molecular complexity index is 2400. The van der Waals surface area contributed by atoms with Gasteiger partial charge in [-0.05, 0) is 72.5 Å². The minimum Gasteiger partial charge on any atom is -0.493 e. The van der Waals surface area contributed by atoms with E-state index in [9.17, 15) is 13.6 Å². The molecule has 0 saturated carbocycles. The molecule has 1 N–H and O–H groups in total. The van der Waals surface area contributed by atoms with Gasteiger partial charge in [0.05, 0.1) is 46.4 Å². The Morgan fingerprint density at radius 2 is 1.87 bits per heavy atom. The van der Waals surface area contributed by atoms with E-state index in [-0.39, 0.29) is 40.5 Å². The molecular weight excluding hydrogens is 697 g/mol. The average molecular weight is 727 g/mol. The van der Waals surface area contributed by atoms with Crippen LogP contribution >= 0.6 is 11.3 Å². The number of alkyl halides is 2. The first-order valence-corrected chi connectivity index (χ1v) is 17.8. The molecule has 9 nitrogen and oxygen atoms in total. The summed E-state index contributed by atoms with van der Waals surface area (Å²) in [5.74, 6) is -0.701. The summed E-state index contributed by atoms with van der Waals surface area (Å²) in [5.41, 5.74) is 3.96. The van der Waals surface area contributed by atoms with Gasteiger partial charge in [-0.2, -0.15) is 0 Å². The molecule has 2 aliphatic heterocycles. The van der Waals surface area contributed by atoms with Gasteiger partial charge in [0.25, 0.3) is 5.91 Å². The number of benzene rings is 2.